The number of carbonyl (C=O) groups is 2. The topological polar surface area (TPSA) is 71.3 Å². The summed E-state index contributed by atoms with van der Waals surface area (Å²) in [5.74, 6) is -1.05. The molecule has 0 unspecified atom stereocenters. The van der Waals surface area contributed by atoms with Gasteiger partial charge in [-0.05, 0) is 25.0 Å². The molecule has 0 aromatic carbocycles. The number of rotatable bonds is 4. The van der Waals surface area contributed by atoms with Gasteiger partial charge in [-0.15, -0.1) is 0 Å². The summed E-state index contributed by atoms with van der Waals surface area (Å²) in [5.41, 5.74) is -0.000589. The summed E-state index contributed by atoms with van der Waals surface area (Å²) in [6, 6.07) is 3.53. The number of carboxylic acid groups (broad SMARTS) is 1. The first-order valence-corrected chi connectivity index (χ1v) is 6.18. The van der Waals surface area contributed by atoms with Crippen LogP contribution in [0, 0.1) is 0 Å². The maximum Gasteiger partial charge on any atom is 0.305 e. The molecule has 0 saturated heterocycles. The van der Waals surface area contributed by atoms with Gasteiger partial charge in [0.1, 0.15) is 5.69 Å². The molecule has 2 rings (SSSR count). The number of hydrogen-bond donors (Lipinski definition) is 2. The molecule has 0 spiro atoms. The van der Waals surface area contributed by atoms with Gasteiger partial charge in [0.15, 0.2) is 0 Å². The Morgan fingerprint density at radius 1 is 1.44 bits per heavy atom. The molecule has 2 N–H and O–H groups in total. The summed E-state index contributed by atoms with van der Waals surface area (Å²) >= 11 is 0. The zero-order valence-electron chi connectivity index (χ0n) is 10.5. The number of nitrogens with one attached hydrogen (secondary N) is 1. The van der Waals surface area contributed by atoms with Crippen molar-refractivity contribution in [1.29, 1.82) is 0 Å². The zero-order valence-corrected chi connectivity index (χ0v) is 10.5. The number of aryl methyl sites for hydroxylation is 1. The lowest BCUT2D eigenvalue weighted by atomic mass is 9.93. The van der Waals surface area contributed by atoms with E-state index in [9.17, 15) is 9.59 Å². The van der Waals surface area contributed by atoms with E-state index in [2.05, 4.69) is 5.32 Å². The standard InChI is InChI=1S/C13H18N2O3/c1-15-8-4-5-10(15)12(18)14-13(9-11(16)17)6-2-3-7-13/h4-5,8H,2-3,6-7,9H2,1H3,(H,14,18)(H,16,17). The Hall–Kier alpha value is -1.78. The molecule has 1 amide bonds. The van der Waals surface area contributed by atoms with Crippen LogP contribution in [-0.2, 0) is 11.8 Å². The van der Waals surface area contributed by atoms with E-state index >= 15 is 0 Å². The van der Waals surface area contributed by atoms with E-state index in [-0.39, 0.29) is 12.3 Å². The van der Waals surface area contributed by atoms with Crippen molar-refractivity contribution >= 4 is 11.9 Å². The van der Waals surface area contributed by atoms with Crippen molar-refractivity contribution in [2.75, 3.05) is 0 Å². The Morgan fingerprint density at radius 3 is 2.61 bits per heavy atom. The zero-order chi connectivity index (χ0) is 13.2. The van der Waals surface area contributed by atoms with Crippen LogP contribution in [-0.4, -0.2) is 27.1 Å². The highest BCUT2D eigenvalue weighted by Gasteiger charge is 2.37. The number of aromatic nitrogens is 1. The SMILES string of the molecule is Cn1cccc1C(=O)NC1(CC(=O)O)CCCC1. The maximum absolute atomic E-state index is 12.1. The predicted molar refractivity (Wildman–Crippen MR) is 66.3 cm³/mol. The van der Waals surface area contributed by atoms with Gasteiger partial charge in [0.25, 0.3) is 5.91 Å². The largest absolute Gasteiger partial charge is 0.481 e. The van der Waals surface area contributed by atoms with Crippen LogP contribution in [0.5, 0.6) is 0 Å². The molecule has 1 heterocycles. The van der Waals surface area contributed by atoms with Crippen molar-refractivity contribution < 1.29 is 14.7 Å². The number of aliphatic carboxylic acids is 1. The van der Waals surface area contributed by atoms with Gasteiger partial charge in [-0.25, -0.2) is 0 Å². The maximum atomic E-state index is 12.1. The minimum absolute atomic E-state index is 0.00314. The second kappa shape index (κ2) is 4.84. The molecule has 1 fully saturated rings. The highest BCUT2D eigenvalue weighted by atomic mass is 16.4. The summed E-state index contributed by atoms with van der Waals surface area (Å²) in [7, 11) is 1.80. The van der Waals surface area contributed by atoms with Crippen LogP contribution >= 0.6 is 0 Å². The average Bonchev–Trinajstić information content (AvgIpc) is 2.86. The first-order chi connectivity index (χ1) is 8.52. The molecule has 0 bridgehead atoms. The fourth-order valence-electron chi connectivity index (χ4n) is 2.69. The number of nitrogens with zero attached hydrogens (tertiary/aromatic N) is 1. The smallest absolute Gasteiger partial charge is 0.305 e. The van der Waals surface area contributed by atoms with E-state index in [1.54, 1.807) is 29.9 Å². The fraction of sp³-hybridized carbons (Fsp3) is 0.538. The average molecular weight is 250 g/mol. The van der Waals surface area contributed by atoms with Crippen LogP contribution in [0.4, 0.5) is 0 Å². The van der Waals surface area contributed by atoms with Gasteiger partial charge < -0.3 is 15.0 Å². The van der Waals surface area contributed by atoms with Crippen molar-refractivity contribution in [3.05, 3.63) is 24.0 Å². The van der Waals surface area contributed by atoms with Crippen molar-refractivity contribution in [3.63, 3.8) is 0 Å². The molecule has 0 aliphatic heterocycles. The lowest BCUT2D eigenvalue weighted by Gasteiger charge is -2.28. The molecule has 1 aromatic rings. The highest BCUT2D eigenvalue weighted by Crippen LogP contribution is 2.32. The van der Waals surface area contributed by atoms with Crippen molar-refractivity contribution in [2.24, 2.45) is 7.05 Å². The lowest BCUT2D eigenvalue weighted by molar-refractivity contribution is -0.138. The molecule has 98 valence electrons. The van der Waals surface area contributed by atoms with Gasteiger partial charge in [0.2, 0.25) is 0 Å². The molecule has 5 nitrogen and oxygen atoms in total. The van der Waals surface area contributed by atoms with Crippen LogP contribution in [0.2, 0.25) is 0 Å². The Kier molecular flexibility index (Phi) is 3.41. The van der Waals surface area contributed by atoms with Gasteiger partial charge in [-0.3, -0.25) is 9.59 Å². The van der Waals surface area contributed by atoms with E-state index in [0.717, 1.165) is 25.7 Å². The molecule has 1 saturated carbocycles. The molecule has 18 heavy (non-hydrogen) atoms. The van der Waals surface area contributed by atoms with Gasteiger partial charge in [0, 0.05) is 13.2 Å². The predicted octanol–water partition coefficient (Wildman–Crippen LogP) is 1.54. The van der Waals surface area contributed by atoms with E-state index < -0.39 is 11.5 Å². The molecule has 0 atom stereocenters. The normalized spacial score (nSPS) is 17.6. The fourth-order valence-corrected chi connectivity index (χ4v) is 2.69. The van der Waals surface area contributed by atoms with Crippen LogP contribution in [0.15, 0.2) is 18.3 Å². The Labute approximate surface area is 106 Å². The minimum atomic E-state index is -0.857. The first-order valence-electron chi connectivity index (χ1n) is 6.18. The third kappa shape index (κ3) is 2.55. The van der Waals surface area contributed by atoms with Gasteiger partial charge in [-0.2, -0.15) is 0 Å². The second-order valence-corrected chi connectivity index (χ2v) is 5.02. The monoisotopic (exact) mass is 250 g/mol. The van der Waals surface area contributed by atoms with Crippen LogP contribution < -0.4 is 5.32 Å². The molecular weight excluding hydrogens is 232 g/mol. The molecular formula is C13H18N2O3. The van der Waals surface area contributed by atoms with Gasteiger partial charge >= 0.3 is 5.97 Å². The van der Waals surface area contributed by atoms with Crippen molar-refractivity contribution in [2.45, 2.75) is 37.6 Å². The summed E-state index contributed by atoms with van der Waals surface area (Å²) in [5, 5.41) is 11.9. The third-order valence-corrected chi connectivity index (χ3v) is 3.61. The highest BCUT2D eigenvalue weighted by molar-refractivity contribution is 5.93. The Bertz CT molecular complexity index is 459. The van der Waals surface area contributed by atoms with Crippen molar-refractivity contribution in [3.8, 4) is 0 Å². The number of hydrogen-bond acceptors (Lipinski definition) is 2. The van der Waals surface area contributed by atoms with E-state index in [1.165, 1.54) is 0 Å². The molecule has 1 aromatic heterocycles. The first kappa shape index (κ1) is 12.7. The van der Waals surface area contributed by atoms with E-state index in [1.807, 2.05) is 0 Å². The lowest BCUT2D eigenvalue weighted by Crippen LogP contribution is -2.48. The number of amides is 1. The third-order valence-electron chi connectivity index (χ3n) is 3.61. The Morgan fingerprint density at radius 2 is 2.11 bits per heavy atom. The minimum Gasteiger partial charge on any atom is -0.481 e. The Balaban J connectivity index is 2.12. The quantitative estimate of drug-likeness (QED) is 0.851. The molecule has 5 heteroatoms. The summed E-state index contributed by atoms with van der Waals surface area (Å²) in [6.07, 6.45) is 5.24. The van der Waals surface area contributed by atoms with E-state index in [0.29, 0.717) is 5.69 Å². The van der Waals surface area contributed by atoms with Gasteiger partial charge in [-0.1, -0.05) is 12.8 Å². The van der Waals surface area contributed by atoms with E-state index in [4.69, 9.17) is 5.11 Å². The number of carboxylic acids is 1. The molecule has 1 aliphatic carbocycles. The summed E-state index contributed by atoms with van der Waals surface area (Å²) in [6.45, 7) is 0. The van der Waals surface area contributed by atoms with Crippen LogP contribution in [0.1, 0.15) is 42.6 Å². The number of carbonyl (C=O) groups excluding carboxylic acids is 1. The summed E-state index contributed by atoms with van der Waals surface area (Å²) in [4.78, 5) is 23.1. The summed E-state index contributed by atoms with van der Waals surface area (Å²) < 4.78 is 1.73. The molecule has 0 radical (unpaired) electrons. The van der Waals surface area contributed by atoms with Crippen molar-refractivity contribution in [1.82, 2.24) is 9.88 Å². The van der Waals surface area contributed by atoms with Crippen LogP contribution in [0.25, 0.3) is 0 Å². The molecule has 1 aliphatic rings. The van der Waals surface area contributed by atoms with Gasteiger partial charge in [0.05, 0.1) is 12.0 Å². The van der Waals surface area contributed by atoms with Crippen LogP contribution in [0.3, 0.4) is 0 Å². The second-order valence-electron chi connectivity index (χ2n) is 5.02.